The first kappa shape index (κ1) is 38.6. The molecular weight excluding hydrogens is 621 g/mol. The molecule has 0 radical (unpaired) electrons. The smallest absolute Gasteiger partial charge is 0.345 e. The molecule has 0 aromatic heterocycles. The Hall–Kier alpha value is -3.55. The maximum Gasteiger partial charge on any atom is 0.345 e. The first-order valence-corrected chi connectivity index (χ1v) is 16.0. The van der Waals surface area contributed by atoms with Gasteiger partial charge in [-0.1, -0.05) is 24.3 Å². The summed E-state index contributed by atoms with van der Waals surface area (Å²) in [5.41, 5.74) is 1.97. The van der Waals surface area contributed by atoms with Gasteiger partial charge in [0.05, 0.1) is 6.54 Å². The molecule has 46 heavy (non-hydrogen) atoms. The van der Waals surface area contributed by atoms with Gasteiger partial charge in [0.1, 0.15) is 5.75 Å². The number of halogens is 3. The number of likely N-dealkylation sites (tertiary alicyclic amines) is 1. The molecule has 0 spiro atoms. The fourth-order valence-electron chi connectivity index (χ4n) is 4.92. The second-order valence-electron chi connectivity index (χ2n) is 10.9. The lowest BCUT2D eigenvalue weighted by Gasteiger charge is -2.24. The minimum absolute atomic E-state index is 0.0205. The summed E-state index contributed by atoms with van der Waals surface area (Å²) in [4.78, 5) is 34.5. The number of carbonyl (C=O) groups excluding carboxylic acids is 3. The Morgan fingerprint density at radius 2 is 1.83 bits per heavy atom. The number of fused-ring (bicyclic) bond motifs is 1. The molecule has 0 bridgehead atoms. The largest absolute Gasteiger partial charge is 0.454 e. The Kier molecular flexibility index (Phi) is 17.9. The standard InChI is InChI=1S/C14H13FO.C9H14N2OS.C8H14N2O2.C2H4F2O/c1-10-4-3-5-12(8-10)16-14-7-6-11(2)9-13(14)15;12-6-11-5-8-3-7-4-10-2-1-9(7)13-8;1-7-3-2-4-10(7)8(12)5-9-6-11;1-5-2(3)4/h3-9H,1-2H3;3,6-7,9-10H,1-2,4-5H2,(H,11,12);6-7H,2-5H2,1H3,(H,9,11);2H,1H3. The number of ether oxygens (including phenoxy) is 2. The van der Waals surface area contributed by atoms with Gasteiger partial charge in [0.2, 0.25) is 18.7 Å². The maximum absolute atomic E-state index is 13.5. The Morgan fingerprint density at radius 3 is 2.41 bits per heavy atom. The van der Waals surface area contributed by atoms with Gasteiger partial charge in [-0.3, -0.25) is 14.4 Å². The van der Waals surface area contributed by atoms with Crippen LogP contribution in [-0.4, -0.2) is 81.4 Å². The number of thioether (sulfide) groups is 1. The van der Waals surface area contributed by atoms with Crippen LogP contribution in [0.1, 0.15) is 37.3 Å². The second-order valence-corrected chi connectivity index (χ2v) is 12.2. The van der Waals surface area contributed by atoms with Crippen molar-refractivity contribution >= 4 is 30.5 Å². The Labute approximate surface area is 273 Å². The monoisotopic (exact) mass is 666 g/mol. The van der Waals surface area contributed by atoms with Crippen molar-refractivity contribution < 1.29 is 37.0 Å². The van der Waals surface area contributed by atoms with E-state index in [2.05, 4.69) is 26.8 Å². The summed E-state index contributed by atoms with van der Waals surface area (Å²) in [6, 6.07) is 12.8. The lowest BCUT2D eigenvalue weighted by molar-refractivity contribution is -0.131. The summed E-state index contributed by atoms with van der Waals surface area (Å²) in [6.45, 7) is 7.15. The molecule has 0 saturated carbocycles. The van der Waals surface area contributed by atoms with E-state index in [4.69, 9.17) is 4.74 Å². The Morgan fingerprint density at radius 1 is 1.11 bits per heavy atom. The average molecular weight is 667 g/mol. The minimum atomic E-state index is -2.62. The molecule has 0 aliphatic carbocycles. The second kappa shape index (κ2) is 21.3. The van der Waals surface area contributed by atoms with E-state index in [0.29, 0.717) is 30.7 Å². The molecule has 254 valence electrons. The number of amides is 3. The zero-order valence-corrected chi connectivity index (χ0v) is 27.6. The van der Waals surface area contributed by atoms with Crippen LogP contribution >= 0.6 is 11.8 Å². The number of hydrogen-bond donors (Lipinski definition) is 3. The molecule has 3 amide bonds. The number of nitrogens with zero attached hydrogens (tertiary/aromatic N) is 1. The molecule has 9 nitrogen and oxygen atoms in total. The highest BCUT2D eigenvalue weighted by Crippen LogP contribution is 2.39. The number of rotatable bonds is 9. The zero-order valence-electron chi connectivity index (χ0n) is 26.8. The van der Waals surface area contributed by atoms with Crippen molar-refractivity contribution in [3.63, 3.8) is 0 Å². The first-order chi connectivity index (χ1) is 22.1. The van der Waals surface area contributed by atoms with Crippen molar-refractivity contribution in [2.24, 2.45) is 5.92 Å². The molecule has 3 unspecified atom stereocenters. The fraction of sp³-hybridized carbons (Fsp3) is 0.485. The van der Waals surface area contributed by atoms with Gasteiger partial charge in [-0.15, -0.1) is 11.8 Å². The van der Waals surface area contributed by atoms with Crippen molar-refractivity contribution in [2.75, 3.05) is 39.8 Å². The van der Waals surface area contributed by atoms with Crippen molar-refractivity contribution in [1.29, 1.82) is 0 Å². The molecule has 3 aliphatic heterocycles. The van der Waals surface area contributed by atoms with Crippen molar-refractivity contribution in [3.05, 3.63) is 70.4 Å². The fourth-order valence-corrected chi connectivity index (χ4v) is 6.31. The van der Waals surface area contributed by atoms with Gasteiger partial charge in [-0.05, 0) is 82.0 Å². The van der Waals surface area contributed by atoms with E-state index >= 15 is 0 Å². The molecule has 5 rings (SSSR count). The summed E-state index contributed by atoms with van der Waals surface area (Å²) in [7, 11) is 0.949. The lowest BCUT2D eigenvalue weighted by atomic mass is 9.99. The van der Waals surface area contributed by atoms with Crippen LogP contribution in [0.3, 0.4) is 0 Å². The minimum Gasteiger partial charge on any atom is -0.454 e. The van der Waals surface area contributed by atoms with Crippen molar-refractivity contribution in [3.8, 4) is 11.5 Å². The number of hydrogen-bond acceptors (Lipinski definition) is 7. The van der Waals surface area contributed by atoms with E-state index < -0.39 is 6.61 Å². The average Bonchev–Trinajstić information content (AvgIpc) is 3.67. The predicted molar refractivity (Wildman–Crippen MR) is 174 cm³/mol. The third-order valence-electron chi connectivity index (χ3n) is 7.22. The number of piperidine rings is 1. The summed E-state index contributed by atoms with van der Waals surface area (Å²) in [5, 5.41) is 9.22. The quantitative estimate of drug-likeness (QED) is 0.317. The van der Waals surface area contributed by atoms with Crippen LogP contribution in [0, 0.1) is 25.6 Å². The van der Waals surface area contributed by atoms with Crippen LogP contribution in [0.25, 0.3) is 0 Å². The van der Waals surface area contributed by atoms with Gasteiger partial charge in [-0.2, -0.15) is 8.78 Å². The molecule has 13 heteroatoms. The summed E-state index contributed by atoms with van der Waals surface area (Å²) >= 11 is 1.93. The molecule has 2 fully saturated rings. The number of alkyl halides is 2. The molecule has 2 aromatic carbocycles. The zero-order chi connectivity index (χ0) is 33.9. The van der Waals surface area contributed by atoms with E-state index in [1.165, 1.54) is 17.4 Å². The van der Waals surface area contributed by atoms with E-state index in [0.717, 1.165) is 62.4 Å². The van der Waals surface area contributed by atoms with E-state index in [-0.39, 0.29) is 24.0 Å². The van der Waals surface area contributed by atoms with Gasteiger partial charge in [0.15, 0.2) is 11.6 Å². The van der Waals surface area contributed by atoms with E-state index in [1.807, 2.05) is 67.8 Å². The SMILES string of the molecule is CC1CCCN1C(=O)CNC=O.COC(F)F.Cc1cccc(Oc2ccc(C)cc2F)c1.O=CNCC1=CC2CNCCC2S1. The van der Waals surface area contributed by atoms with E-state index in [1.54, 1.807) is 6.07 Å². The number of aryl methyl sites for hydroxylation is 2. The van der Waals surface area contributed by atoms with Crippen molar-refractivity contribution in [2.45, 2.75) is 57.9 Å². The normalized spacial score (nSPS) is 19.5. The lowest BCUT2D eigenvalue weighted by Crippen LogP contribution is -2.39. The highest BCUT2D eigenvalue weighted by atomic mass is 32.2. The molecule has 3 atom stereocenters. The van der Waals surface area contributed by atoms with Crippen LogP contribution in [0.15, 0.2) is 53.4 Å². The maximum atomic E-state index is 13.5. The highest BCUT2D eigenvalue weighted by molar-refractivity contribution is 8.04. The molecule has 2 aromatic rings. The number of methoxy groups -OCH3 is 1. The van der Waals surface area contributed by atoms with Gasteiger partial charge in [0.25, 0.3) is 0 Å². The van der Waals surface area contributed by atoms with E-state index in [9.17, 15) is 27.6 Å². The topological polar surface area (TPSA) is 109 Å². The molecular formula is C33H45F3N4O5S. The number of benzene rings is 2. The molecule has 2 saturated heterocycles. The summed E-state index contributed by atoms with van der Waals surface area (Å²) in [6.07, 6.45) is 7.02. The summed E-state index contributed by atoms with van der Waals surface area (Å²) < 4.78 is 43.5. The molecule has 3 heterocycles. The first-order valence-electron chi connectivity index (χ1n) is 15.1. The van der Waals surface area contributed by atoms with Crippen LogP contribution in [0.5, 0.6) is 11.5 Å². The van der Waals surface area contributed by atoms with Crippen LogP contribution in [0.2, 0.25) is 0 Å². The van der Waals surface area contributed by atoms with Crippen LogP contribution in [-0.2, 0) is 19.1 Å². The van der Waals surface area contributed by atoms with Gasteiger partial charge >= 0.3 is 6.61 Å². The van der Waals surface area contributed by atoms with Gasteiger partial charge < -0.3 is 30.3 Å². The Bertz CT molecular complexity index is 1270. The predicted octanol–water partition coefficient (Wildman–Crippen LogP) is 5.17. The highest BCUT2D eigenvalue weighted by Gasteiger charge is 2.30. The Balaban J connectivity index is 0.000000226. The third kappa shape index (κ3) is 14.3. The molecule has 3 aliphatic rings. The van der Waals surface area contributed by atoms with Crippen LogP contribution in [0.4, 0.5) is 13.2 Å². The van der Waals surface area contributed by atoms with Gasteiger partial charge in [0, 0.05) is 48.9 Å². The molecule has 3 N–H and O–H groups in total. The number of nitrogens with one attached hydrogen (secondary N) is 3. The van der Waals surface area contributed by atoms with Crippen LogP contribution < -0.4 is 20.7 Å². The third-order valence-corrected chi connectivity index (χ3v) is 8.69. The number of carbonyl (C=O) groups is 3. The van der Waals surface area contributed by atoms with Crippen molar-refractivity contribution in [1.82, 2.24) is 20.9 Å². The van der Waals surface area contributed by atoms with Gasteiger partial charge in [-0.25, -0.2) is 4.39 Å². The summed E-state index contributed by atoms with van der Waals surface area (Å²) in [5.74, 6) is 1.29.